The SMILES string of the molecule is CCn1c(-c2cnccn2)nnc1N1CCOC(C(C)C)C1. The van der Waals surface area contributed by atoms with Crippen molar-refractivity contribution in [2.75, 3.05) is 24.6 Å². The van der Waals surface area contributed by atoms with Crippen LogP contribution in [-0.2, 0) is 11.3 Å². The number of anilines is 1. The highest BCUT2D eigenvalue weighted by atomic mass is 16.5. The second-order valence-electron chi connectivity index (χ2n) is 5.76. The third kappa shape index (κ3) is 2.81. The Morgan fingerprint density at radius 1 is 1.32 bits per heavy atom. The summed E-state index contributed by atoms with van der Waals surface area (Å²) in [5.74, 6) is 2.13. The monoisotopic (exact) mass is 302 g/mol. The molecule has 3 heterocycles. The second-order valence-corrected chi connectivity index (χ2v) is 5.76. The summed E-state index contributed by atoms with van der Waals surface area (Å²) in [5.41, 5.74) is 0.747. The Bertz CT molecular complexity index is 612. The molecule has 0 aliphatic carbocycles. The van der Waals surface area contributed by atoms with E-state index in [-0.39, 0.29) is 6.10 Å². The maximum Gasteiger partial charge on any atom is 0.227 e. The fraction of sp³-hybridized carbons (Fsp3) is 0.600. The molecule has 0 spiro atoms. The van der Waals surface area contributed by atoms with Gasteiger partial charge in [0.15, 0.2) is 5.82 Å². The van der Waals surface area contributed by atoms with Gasteiger partial charge in [-0.25, -0.2) is 4.98 Å². The number of hydrogen-bond acceptors (Lipinski definition) is 6. The highest BCUT2D eigenvalue weighted by Crippen LogP contribution is 2.23. The molecular weight excluding hydrogens is 280 g/mol. The molecular formula is C15H22N6O. The van der Waals surface area contributed by atoms with Gasteiger partial charge < -0.3 is 9.64 Å². The fourth-order valence-electron chi connectivity index (χ4n) is 2.68. The van der Waals surface area contributed by atoms with E-state index in [1.165, 1.54) is 0 Å². The minimum atomic E-state index is 0.232. The predicted octanol–water partition coefficient (Wildman–Crippen LogP) is 1.62. The zero-order chi connectivity index (χ0) is 15.5. The van der Waals surface area contributed by atoms with Crippen LogP contribution in [0.5, 0.6) is 0 Å². The number of morpholine rings is 1. The molecule has 0 radical (unpaired) electrons. The molecule has 7 nitrogen and oxygen atoms in total. The Labute approximate surface area is 130 Å². The minimum Gasteiger partial charge on any atom is -0.374 e. The molecule has 0 bridgehead atoms. The lowest BCUT2D eigenvalue weighted by atomic mass is 10.1. The normalized spacial score (nSPS) is 18.9. The van der Waals surface area contributed by atoms with Crippen molar-refractivity contribution < 1.29 is 4.74 Å². The quantitative estimate of drug-likeness (QED) is 0.855. The highest BCUT2D eigenvalue weighted by molar-refractivity contribution is 5.51. The van der Waals surface area contributed by atoms with Crippen LogP contribution in [0, 0.1) is 5.92 Å². The smallest absolute Gasteiger partial charge is 0.227 e. The zero-order valence-electron chi connectivity index (χ0n) is 13.3. The van der Waals surface area contributed by atoms with Gasteiger partial charge in [0.25, 0.3) is 0 Å². The molecule has 1 aliphatic heterocycles. The lowest BCUT2D eigenvalue weighted by Gasteiger charge is -2.35. The molecule has 2 aromatic rings. The fourth-order valence-corrected chi connectivity index (χ4v) is 2.68. The molecule has 1 atom stereocenters. The van der Waals surface area contributed by atoms with Gasteiger partial charge >= 0.3 is 0 Å². The lowest BCUT2D eigenvalue weighted by molar-refractivity contribution is 0.0107. The van der Waals surface area contributed by atoms with E-state index >= 15 is 0 Å². The molecule has 0 aromatic carbocycles. The summed E-state index contributed by atoms with van der Waals surface area (Å²) in [6.45, 7) is 9.65. The van der Waals surface area contributed by atoms with Crippen LogP contribution in [-0.4, -0.2) is 50.5 Å². The maximum absolute atomic E-state index is 5.83. The van der Waals surface area contributed by atoms with E-state index in [4.69, 9.17) is 4.74 Å². The largest absolute Gasteiger partial charge is 0.374 e. The van der Waals surface area contributed by atoms with Gasteiger partial charge in [-0.2, -0.15) is 0 Å². The van der Waals surface area contributed by atoms with Gasteiger partial charge in [0, 0.05) is 32.0 Å². The van der Waals surface area contributed by atoms with Crippen molar-refractivity contribution in [1.29, 1.82) is 0 Å². The molecule has 2 aromatic heterocycles. The summed E-state index contributed by atoms with van der Waals surface area (Å²) >= 11 is 0. The van der Waals surface area contributed by atoms with Crippen LogP contribution < -0.4 is 4.90 Å². The molecule has 0 amide bonds. The van der Waals surface area contributed by atoms with E-state index in [0.29, 0.717) is 5.92 Å². The average molecular weight is 302 g/mol. The van der Waals surface area contributed by atoms with Gasteiger partial charge in [-0.15, -0.1) is 10.2 Å². The molecule has 1 fully saturated rings. The number of ether oxygens (including phenoxy) is 1. The van der Waals surface area contributed by atoms with Gasteiger partial charge in [0.1, 0.15) is 5.69 Å². The molecule has 22 heavy (non-hydrogen) atoms. The summed E-state index contributed by atoms with van der Waals surface area (Å²) in [6, 6.07) is 0. The molecule has 0 N–H and O–H groups in total. The van der Waals surface area contributed by atoms with Crippen molar-refractivity contribution in [3.05, 3.63) is 18.6 Å². The number of aromatic nitrogens is 5. The van der Waals surface area contributed by atoms with Crippen molar-refractivity contribution in [1.82, 2.24) is 24.7 Å². The molecule has 1 saturated heterocycles. The molecule has 1 unspecified atom stereocenters. The maximum atomic E-state index is 5.83. The third-order valence-corrected chi connectivity index (χ3v) is 3.96. The molecule has 3 rings (SSSR count). The number of nitrogens with zero attached hydrogens (tertiary/aromatic N) is 6. The van der Waals surface area contributed by atoms with E-state index in [2.05, 4.69) is 50.4 Å². The summed E-state index contributed by atoms with van der Waals surface area (Å²) in [4.78, 5) is 10.7. The topological polar surface area (TPSA) is 69.0 Å². The van der Waals surface area contributed by atoms with Crippen LogP contribution in [0.4, 0.5) is 5.95 Å². The Balaban J connectivity index is 1.90. The summed E-state index contributed by atoms with van der Waals surface area (Å²) in [5, 5.41) is 8.73. The first-order valence-corrected chi connectivity index (χ1v) is 7.76. The standard InChI is InChI=1S/C15H22N6O/c1-4-21-14(12-9-16-5-6-17-12)18-19-15(21)20-7-8-22-13(10-20)11(2)3/h5-6,9,11,13H,4,7-8,10H2,1-3H3. The van der Waals surface area contributed by atoms with E-state index in [1.807, 2.05) is 0 Å². The van der Waals surface area contributed by atoms with Gasteiger partial charge in [-0.1, -0.05) is 13.8 Å². The van der Waals surface area contributed by atoms with E-state index in [1.54, 1.807) is 18.6 Å². The highest BCUT2D eigenvalue weighted by Gasteiger charge is 2.27. The van der Waals surface area contributed by atoms with Gasteiger partial charge in [-0.3, -0.25) is 9.55 Å². The minimum absolute atomic E-state index is 0.232. The Hall–Kier alpha value is -2.02. The van der Waals surface area contributed by atoms with E-state index < -0.39 is 0 Å². The Morgan fingerprint density at radius 3 is 2.86 bits per heavy atom. The van der Waals surface area contributed by atoms with Crippen molar-refractivity contribution in [2.45, 2.75) is 33.4 Å². The van der Waals surface area contributed by atoms with Crippen LogP contribution in [0.2, 0.25) is 0 Å². The van der Waals surface area contributed by atoms with E-state index in [0.717, 1.165) is 43.7 Å². The molecule has 1 aliphatic rings. The van der Waals surface area contributed by atoms with Gasteiger partial charge in [-0.05, 0) is 12.8 Å². The molecule has 7 heteroatoms. The number of hydrogen-bond donors (Lipinski definition) is 0. The van der Waals surface area contributed by atoms with Gasteiger partial charge in [0.05, 0.1) is 18.9 Å². The van der Waals surface area contributed by atoms with Crippen LogP contribution in [0.15, 0.2) is 18.6 Å². The van der Waals surface area contributed by atoms with Crippen molar-refractivity contribution in [3.63, 3.8) is 0 Å². The zero-order valence-corrected chi connectivity index (χ0v) is 13.3. The van der Waals surface area contributed by atoms with Crippen LogP contribution in [0.3, 0.4) is 0 Å². The first kappa shape index (κ1) is 14.9. The predicted molar refractivity (Wildman–Crippen MR) is 83.5 cm³/mol. The molecule has 0 saturated carbocycles. The van der Waals surface area contributed by atoms with E-state index in [9.17, 15) is 0 Å². The van der Waals surface area contributed by atoms with Crippen molar-refractivity contribution in [3.8, 4) is 11.5 Å². The average Bonchev–Trinajstić information content (AvgIpc) is 2.99. The number of rotatable bonds is 4. The Morgan fingerprint density at radius 2 is 2.18 bits per heavy atom. The van der Waals surface area contributed by atoms with Crippen molar-refractivity contribution >= 4 is 5.95 Å². The first-order chi connectivity index (χ1) is 10.7. The summed E-state index contributed by atoms with van der Waals surface area (Å²) in [7, 11) is 0. The molecule has 118 valence electrons. The van der Waals surface area contributed by atoms with Crippen LogP contribution >= 0.6 is 0 Å². The van der Waals surface area contributed by atoms with Gasteiger partial charge in [0.2, 0.25) is 5.95 Å². The van der Waals surface area contributed by atoms with Crippen LogP contribution in [0.25, 0.3) is 11.5 Å². The summed E-state index contributed by atoms with van der Waals surface area (Å²) < 4.78 is 7.92. The van der Waals surface area contributed by atoms with Crippen LogP contribution in [0.1, 0.15) is 20.8 Å². The Kier molecular flexibility index (Phi) is 4.33. The summed E-state index contributed by atoms with van der Waals surface area (Å²) in [6.07, 6.45) is 5.28. The lowest BCUT2D eigenvalue weighted by Crippen LogP contribution is -2.45. The second kappa shape index (κ2) is 6.39. The third-order valence-electron chi connectivity index (χ3n) is 3.96. The first-order valence-electron chi connectivity index (χ1n) is 7.76. The van der Waals surface area contributed by atoms with Crippen molar-refractivity contribution in [2.24, 2.45) is 5.92 Å².